The van der Waals surface area contributed by atoms with Crippen LogP contribution in [0.1, 0.15) is 15.4 Å². The van der Waals surface area contributed by atoms with Crippen LogP contribution < -0.4 is 0 Å². The molecule has 0 aromatic carbocycles. The molecule has 2 aromatic heterocycles. The van der Waals surface area contributed by atoms with Gasteiger partial charge in [0.25, 0.3) is 0 Å². The molecule has 0 fully saturated rings. The minimum Gasteiger partial charge on any atom is -0.461 e. The number of rotatable bonds is 5. The third-order valence-electron chi connectivity index (χ3n) is 2.22. The lowest BCUT2D eigenvalue weighted by atomic mass is 10.3. The van der Waals surface area contributed by atoms with E-state index in [0.717, 1.165) is 6.54 Å². The molecule has 0 saturated heterocycles. The summed E-state index contributed by atoms with van der Waals surface area (Å²) in [5, 5.41) is 2.04. The maximum atomic E-state index is 11.7. The average Bonchev–Trinajstić information content (AvgIpc) is 2.88. The van der Waals surface area contributed by atoms with Crippen molar-refractivity contribution in [2.75, 3.05) is 13.6 Å². The first-order chi connectivity index (χ1) is 7.75. The summed E-state index contributed by atoms with van der Waals surface area (Å²) in [5.41, 5.74) is 0. The highest BCUT2D eigenvalue weighted by Crippen LogP contribution is 2.11. The SMILES string of the molecule is CN(CC(=O)c1ccco1)Cc1cccs1. The molecule has 0 radical (unpaired) electrons. The molecule has 84 valence electrons. The zero-order valence-electron chi connectivity index (χ0n) is 9.05. The number of thiophene rings is 1. The standard InChI is InChI=1S/C12H13NO2S/c1-13(8-10-4-3-7-16-10)9-11(14)12-5-2-6-15-12/h2-7H,8-9H2,1H3. The van der Waals surface area contributed by atoms with Crippen LogP contribution in [0.25, 0.3) is 0 Å². The van der Waals surface area contributed by atoms with E-state index in [2.05, 4.69) is 6.07 Å². The Morgan fingerprint density at radius 3 is 2.94 bits per heavy atom. The summed E-state index contributed by atoms with van der Waals surface area (Å²) >= 11 is 1.70. The number of Topliss-reactive ketones (excluding diaryl/α,β-unsaturated/α-hetero) is 1. The average molecular weight is 235 g/mol. The van der Waals surface area contributed by atoms with Gasteiger partial charge >= 0.3 is 0 Å². The third-order valence-corrected chi connectivity index (χ3v) is 3.08. The van der Waals surface area contributed by atoms with Gasteiger partial charge in [0.1, 0.15) is 0 Å². The molecule has 4 heteroatoms. The number of hydrogen-bond donors (Lipinski definition) is 0. The molecule has 0 unspecified atom stereocenters. The summed E-state index contributed by atoms with van der Waals surface area (Å²) in [4.78, 5) is 15.0. The van der Waals surface area contributed by atoms with Crippen LogP contribution in [0.15, 0.2) is 40.3 Å². The molecule has 2 rings (SSSR count). The van der Waals surface area contributed by atoms with Crippen molar-refractivity contribution >= 4 is 17.1 Å². The van der Waals surface area contributed by atoms with E-state index in [0.29, 0.717) is 12.3 Å². The number of carbonyl (C=O) groups is 1. The first-order valence-corrected chi connectivity index (χ1v) is 5.91. The lowest BCUT2D eigenvalue weighted by Crippen LogP contribution is -2.24. The van der Waals surface area contributed by atoms with Crippen LogP contribution in [0.5, 0.6) is 0 Å². The predicted molar refractivity (Wildman–Crippen MR) is 63.7 cm³/mol. The van der Waals surface area contributed by atoms with Crippen molar-refractivity contribution in [3.05, 3.63) is 46.5 Å². The number of ketones is 1. The second kappa shape index (κ2) is 5.09. The normalized spacial score (nSPS) is 10.9. The number of likely N-dealkylation sites (N-methyl/N-ethyl adjacent to an activating group) is 1. The molecule has 2 aromatic rings. The molecule has 16 heavy (non-hydrogen) atoms. The monoisotopic (exact) mass is 235 g/mol. The minimum absolute atomic E-state index is 0.0176. The fourth-order valence-corrected chi connectivity index (χ4v) is 2.27. The maximum absolute atomic E-state index is 11.7. The van der Waals surface area contributed by atoms with Gasteiger partial charge in [-0.15, -0.1) is 11.3 Å². The quantitative estimate of drug-likeness (QED) is 0.747. The van der Waals surface area contributed by atoms with Crippen molar-refractivity contribution < 1.29 is 9.21 Å². The molecular formula is C12H13NO2S. The third kappa shape index (κ3) is 2.81. The van der Waals surface area contributed by atoms with Crippen LogP contribution in [0.4, 0.5) is 0 Å². The number of hydrogen-bond acceptors (Lipinski definition) is 4. The van der Waals surface area contributed by atoms with Gasteiger partial charge in [-0.1, -0.05) is 6.07 Å². The molecule has 0 amide bonds. The number of nitrogens with zero attached hydrogens (tertiary/aromatic N) is 1. The van der Waals surface area contributed by atoms with Crippen LogP contribution >= 0.6 is 11.3 Å². The van der Waals surface area contributed by atoms with Crippen molar-refractivity contribution in [2.24, 2.45) is 0 Å². The second-order valence-corrected chi connectivity index (χ2v) is 4.68. The van der Waals surface area contributed by atoms with E-state index in [1.165, 1.54) is 11.1 Å². The van der Waals surface area contributed by atoms with E-state index in [9.17, 15) is 4.79 Å². The highest BCUT2D eigenvalue weighted by molar-refractivity contribution is 7.09. The highest BCUT2D eigenvalue weighted by atomic mass is 32.1. The van der Waals surface area contributed by atoms with Gasteiger partial charge < -0.3 is 4.42 Å². The Balaban J connectivity index is 1.88. The Morgan fingerprint density at radius 1 is 1.44 bits per heavy atom. The van der Waals surface area contributed by atoms with Gasteiger partial charge in [0.05, 0.1) is 12.8 Å². The van der Waals surface area contributed by atoms with E-state index in [1.54, 1.807) is 23.5 Å². The van der Waals surface area contributed by atoms with Crippen LogP contribution in [0.3, 0.4) is 0 Å². The lowest BCUT2D eigenvalue weighted by Gasteiger charge is -2.13. The van der Waals surface area contributed by atoms with Gasteiger partial charge in [-0.25, -0.2) is 0 Å². The van der Waals surface area contributed by atoms with Gasteiger partial charge in [0, 0.05) is 11.4 Å². The van der Waals surface area contributed by atoms with Gasteiger partial charge in [0.2, 0.25) is 5.78 Å². The predicted octanol–water partition coefficient (Wildman–Crippen LogP) is 2.66. The summed E-state index contributed by atoms with van der Waals surface area (Å²) in [7, 11) is 1.93. The Hall–Kier alpha value is -1.39. The summed E-state index contributed by atoms with van der Waals surface area (Å²) in [6.45, 7) is 1.18. The maximum Gasteiger partial charge on any atom is 0.211 e. The largest absolute Gasteiger partial charge is 0.461 e. The van der Waals surface area contributed by atoms with Crippen molar-refractivity contribution in [2.45, 2.75) is 6.54 Å². The molecule has 0 atom stereocenters. The molecule has 0 aliphatic carbocycles. The Kier molecular flexibility index (Phi) is 3.54. The molecule has 0 N–H and O–H groups in total. The zero-order chi connectivity index (χ0) is 11.4. The Morgan fingerprint density at radius 2 is 2.31 bits per heavy atom. The Bertz CT molecular complexity index is 434. The molecule has 0 aliphatic heterocycles. The van der Waals surface area contributed by atoms with E-state index in [4.69, 9.17) is 4.42 Å². The van der Waals surface area contributed by atoms with E-state index in [-0.39, 0.29) is 5.78 Å². The van der Waals surface area contributed by atoms with Crippen molar-refractivity contribution in [3.63, 3.8) is 0 Å². The summed E-state index contributed by atoms with van der Waals surface area (Å²) in [6, 6.07) is 7.51. The van der Waals surface area contributed by atoms with Crippen LogP contribution in [0, 0.1) is 0 Å². The van der Waals surface area contributed by atoms with Crippen LogP contribution in [-0.4, -0.2) is 24.3 Å². The van der Waals surface area contributed by atoms with Gasteiger partial charge in [-0.2, -0.15) is 0 Å². The molecule has 0 spiro atoms. The van der Waals surface area contributed by atoms with Crippen molar-refractivity contribution in [1.29, 1.82) is 0 Å². The van der Waals surface area contributed by atoms with Crippen molar-refractivity contribution in [3.8, 4) is 0 Å². The summed E-state index contributed by atoms with van der Waals surface area (Å²) < 4.78 is 5.06. The van der Waals surface area contributed by atoms with E-state index >= 15 is 0 Å². The van der Waals surface area contributed by atoms with E-state index < -0.39 is 0 Å². The molecule has 0 bridgehead atoms. The molecule has 3 nitrogen and oxygen atoms in total. The fourth-order valence-electron chi connectivity index (χ4n) is 1.48. The first-order valence-electron chi connectivity index (χ1n) is 5.03. The molecular weight excluding hydrogens is 222 g/mol. The zero-order valence-corrected chi connectivity index (χ0v) is 9.87. The topological polar surface area (TPSA) is 33.5 Å². The lowest BCUT2D eigenvalue weighted by molar-refractivity contribution is 0.0916. The fraction of sp³-hybridized carbons (Fsp3) is 0.250. The number of furan rings is 1. The minimum atomic E-state index is 0.0176. The highest BCUT2D eigenvalue weighted by Gasteiger charge is 2.11. The molecule has 2 heterocycles. The second-order valence-electron chi connectivity index (χ2n) is 3.65. The van der Waals surface area contributed by atoms with Gasteiger partial charge in [-0.05, 0) is 30.6 Å². The molecule has 0 aliphatic rings. The van der Waals surface area contributed by atoms with Gasteiger partial charge in [0.15, 0.2) is 5.76 Å². The summed E-state index contributed by atoms with van der Waals surface area (Å²) in [5.74, 6) is 0.446. The first kappa shape index (κ1) is 11.1. The smallest absolute Gasteiger partial charge is 0.211 e. The van der Waals surface area contributed by atoms with Gasteiger partial charge in [-0.3, -0.25) is 9.69 Å². The van der Waals surface area contributed by atoms with Crippen LogP contribution in [-0.2, 0) is 6.54 Å². The van der Waals surface area contributed by atoms with E-state index in [1.807, 2.05) is 23.4 Å². The summed E-state index contributed by atoms with van der Waals surface area (Å²) in [6.07, 6.45) is 1.52. The van der Waals surface area contributed by atoms with Crippen molar-refractivity contribution in [1.82, 2.24) is 4.90 Å². The number of carbonyl (C=O) groups excluding carboxylic acids is 1. The Labute approximate surface area is 98.3 Å². The molecule has 0 saturated carbocycles. The van der Waals surface area contributed by atoms with Crippen LogP contribution in [0.2, 0.25) is 0 Å².